The number of pyridine rings is 1. The smallest absolute Gasteiger partial charge is 0.0415 e. The lowest BCUT2D eigenvalue weighted by atomic mass is 10.2. The number of hydrogen-bond donors (Lipinski definition) is 1. The first-order chi connectivity index (χ1) is 6.86. The molecule has 2 heteroatoms. The summed E-state index contributed by atoms with van der Waals surface area (Å²) in [6, 6.07) is 12.1. The third-order valence-electron chi connectivity index (χ3n) is 2.10. The van der Waals surface area contributed by atoms with Crippen molar-refractivity contribution in [1.82, 2.24) is 4.98 Å². The van der Waals surface area contributed by atoms with E-state index < -0.39 is 0 Å². The predicted molar refractivity (Wildman–Crippen MR) is 58.7 cm³/mol. The van der Waals surface area contributed by atoms with E-state index in [1.165, 1.54) is 5.56 Å². The number of anilines is 2. The van der Waals surface area contributed by atoms with Gasteiger partial charge in [-0.1, -0.05) is 18.2 Å². The monoisotopic (exact) mass is 184 g/mol. The largest absolute Gasteiger partial charge is 0.355 e. The Morgan fingerprint density at radius 3 is 2.43 bits per heavy atom. The number of para-hydroxylation sites is 1. The quantitative estimate of drug-likeness (QED) is 0.775. The summed E-state index contributed by atoms with van der Waals surface area (Å²) in [5.74, 6) is 0. The second-order valence-electron chi connectivity index (χ2n) is 3.18. The molecule has 0 spiro atoms. The maximum atomic E-state index is 3.97. The van der Waals surface area contributed by atoms with Gasteiger partial charge in [-0.15, -0.1) is 0 Å². The van der Waals surface area contributed by atoms with E-state index in [1.807, 2.05) is 24.3 Å². The number of rotatable bonds is 2. The molecule has 1 N–H and O–H groups in total. The standard InChI is InChI=1S/C12H12N2/c1-10-4-2-3-5-12(10)14-11-6-8-13-9-7-11/h2-9H,1H3,(H,13,14). The number of nitrogens with zero attached hydrogens (tertiary/aromatic N) is 1. The number of hydrogen-bond acceptors (Lipinski definition) is 2. The van der Waals surface area contributed by atoms with E-state index in [4.69, 9.17) is 0 Å². The third-order valence-corrected chi connectivity index (χ3v) is 2.10. The molecule has 2 aromatic rings. The van der Waals surface area contributed by atoms with E-state index >= 15 is 0 Å². The molecule has 2 nitrogen and oxygen atoms in total. The summed E-state index contributed by atoms with van der Waals surface area (Å²) < 4.78 is 0. The average molecular weight is 184 g/mol. The van der Waals surface area contributed by atoms with Gasteiger partial charge >= 0.3 is 0 Å². The van der Waals surface area contributed by atoms with Crippen LogP contribution < -0.4 is 5.32 Å². The molecule has 1 aromatic carbocycles. The van der Waals surface area contributed by atoms with Crippen molar-refractivity contribution in [3.8, 4) is 0 Å². The summed E-state index contributed by atoms with van der Waals surface area (Å²) in [4.78, 5) is 3.97. The van der Waals surface area contributed by atoms with Crippen LogP contribution in [0, 0.1) is 6.92 Å². The van der Waals surface area contributed by atoms with Crippen LogP contribution in [0.1, 0.15) is 5.56 Å². The lowest BCUT2D eigenvalue weighted by Crippen LogP contribution is -1.92. The SMILES string of the molecule is Cc1ccccc1Nc1ccncc1. The first kappa shape index (κ1) is 8.75. The van der Waals surface area contributed by atoms with Crippen molar-refractivity contribution in [1.29, 1.82) is 0 Å². The van der Waals surface area contributed by atoms with E-state index in [0.29, 0.717) is 0 Å². The highest BCUT2D eigenvalue weighted by Crippen LogP contribution is 2.18. The van der Waals surface area contributed by atoms with E-state index in [2.05, 4.69) is 29.4 Å². The van der Waals surface area contributed by atoms with Crippen LogP contribution in [0.3, 0.4) is 0 Å². The third kappa shape index (κ3) is 1.91. The zero-order valence-electron chi connectivity index (χ0n) is 8.07. The van der Waals surface area contributed by atoms with Crippen molar-refractivity contribution < 1.29 is 0 Å². The molecule has 0 atom stereocenters. The minimum atomic E-state index is 1.06. The Labute approximate surface area is 83.6 Å². The fraction of sp³-hybridized carbons (Fsp3) is 0.0833. The zero-order chi connectivity index (χ0) is 9.80. The van der Waals surface area contributed by atoms with Gasteiger partial charge in [0.25, 0.3) is 0 Å². The molecular formula is C12H12N2. The number of aryl methyl sites for hydroxylation is 1. The molecule has 0 saturated heterocycles. The Morgan fingerprint density at radius 2 is 1.71 bits per heavy atom. The molecule has 0 aliphatic heterocycles. The summed E-state index contributed by atoms with van der Waals surface area (Å²) in [7, 11) is 0. The van der Waals surface area contributed by atoms with Crippen LogP contribution in [0.2, 0.25) is 0 Å². The number of benzene rings is 1. The van der Waals surface area contributed by atoms with Crippen molar-refractivity contribution in [2.45, 2.75) is 6.92 Å². The highest BCUT2D eigenvalue weighted by molar-refractivity contribution is 5.62. The summed E-state index contributed by atoms with van der Waals surface area (Å²) in [5, 5.41) is 3.33. The molecule has 0 fully saturated rings. The number of nitrogens with one attached hydrogen (secondary N) is 1. The van der Waals surface area contributed by atoms with Crippen molar-refractivity contribution in [2.24, 2.45) is 0 Å². The molecule has 0 aliphatic carbocycles. The van der Waals surface area contributed by atoms with Crippen LogP contribution >= 0.6 is 0 Å². The lowest BCUT2D eigenvalue weighted by Gasteiger charge is -2.08. The van der Waals surface area contributed by atoms with Crippen LogP contribution in [0.5, 0.6) is 0 Å². The van der Waals surface area contributed by atoms with Gasteiger partial charge in [-0.2, -0.15) is 0 Å². The Morgan fingerprint density at radius 1 is 1.00 bits per heavy atom. The summed E-state index contributed by atoms with van der Waals surface area (Å²) >= 11 is 0. The molecule has 0 radical (unpaired) electrons. The summed E-state index contributed by atoms with van der Waals surface area (Å²) in [5.41, 5.74) is 3.44. The predicted octanol–water partition coefficient (Wildman–Crippen LogP) is 3.13. The molecule has 0 unspecified atom stereocenters. The maximum Gasteiger partial charge on any atom is 0.0415 e. The van der Waals surface area contributed by atoms with Crippen LogP contribution in [-0.2, 0) is 0 Å². The number of aromatic nitrogens is 1. The van der Waals surface area contributed by atoms with E-state index in [0.717, 1.165) is 11.4 Å². The molecule has 1 aromatic heterocycles. The normalized spacial score (nSPS) is 9.79. The fourth-order valence-corrected chi connectivity index (χ4v) is 1.30. The Kier molecular flexibility index (Phi) is 2.45. The fourth-order valence-electron chi connectivity index (χ4n) is 1.30. The zero-order valence-corrected chi connectivity index (χ0v) is 8.07. The Bertz CT molecular complexity index is 410. The van der Waals surface area contributed by atoms with Gasteiger partial charge < -0.3 is 5.32 Å². The second kappa shape index (κ2) is 3.92. The van der Waals surface area contributed by atoms with Gasteiger partial charge in [-0.05, 0) is 30.7 Å². The molecule has 2 rings (SSSR count). The molecule has 14 heavy (non-hydrogen) atoms. The average Bonchev–Trinajstić information content (AvgIpc) is 2.23. The molecule has 70 valence electrons. The van der Waals surface area contributed by atoms with Crippen LogP contribution in [0.4, 0.5) is 11.4 Å². The van der Waals surface area contributed by atoms with Gasteiger partial charge in [-0.3, -0.25) is 4.98 Å². The van der Waals surface area contributed by atoms with Gasteiger partial charge in [0, 0.05) is 23.8 Å². The van der Waals surface area contributed by atoms with Gasteiger partial charge in [0.05, 0.1) is 0 Å². The van der Waals surface area contributed by atoms with Crippen LogP contribution in [-0.4, -0.2) is 4.98 Å². The van der Waals surface area contributed by atoms with Gasteiger partial charge in [-0.25, -0.2) is 0 Å². The van der Waals surface area contributed by atoms with Gasteiger partial charge in [0.2, 0.25) is 0 Å². The van der Waals surface area contributed by atoms with E-state index in [-0.39, 0.29) is 0 Å². The highest BCUT2D eigenvalue weighted by Gasteiger charge is 1.95. The van der Waals surface area contributed by atoms with Crippen LogP contribution in [0.25, 0.3) is 0 Å². The maximum absolute atomic E-state index is 3.97. The van der Waals surface area contributed by atoms with Gasteiger partial charge in [0.15, 0.2) is 0 Å². The second-order valence-corrected chi connectivity index (χ2v) is 3.18. The molecular weight excluding hydrogens is 172 g/mol. The molecule has 0 bridgehead atoms. The van der Waals surface area contributed by atoms with Crippen molar-refractivity contribution >= 4 is 11.4 Å². The summed E-state index contributed by atoms with van der Waals surface area (Å²) in [6.07, 6.45) is 3.56. The lowest BCUT2D eigenvalue weighted by molar-refractivity contribution is 1.32. The van der Waals surface area contributed by atoms with Crippen molar-refractivity contribution in [3.63, 3.8) is 0 Å². The summed E-state index contributed by atoms with van der Waals surface area (Å²) in [6.45, 7) is 2.09. The Balaban J connectivity index is 2.24. The van der Waals surface area contributed by atoms with E-state index in [9.17, 15) is 0 Å². The first-order valence-electron chi connectivity index (χ1n) is 4.59. The molecule has 1 heterocycles. The molecule has 0 saturated carbocycles. The van der Waals surface area contributed by atoms with Crippen molar-refractivity contribution in [3.05, 3.63) is 54.4 Å². The molecule has 0 aliphatic rings. The minimum absolute atomic E-state index is 1.06. The van der Waals surface area contributed by atoms with Crippen LogP contribution in [0.15, 0.2) is 48.8 Å². The van der Waals surface area contributed by atoms with Gasteiger partial charge in [0.1, 0.15) is 0 Å². The topological polar surface area (TPSA) is 24.9 Å². The molecule has 0 amide bonds. The van der Waals surface area contributed by atoms with Crippen molar-refractivity contribution in [2.75, 3.05) is 5.32 Å². The minimum Gasteiger partial charge on any atom is -0.355 e. The first-order valence-corrected chi connectivity index (χ1v) is 4.59. The highest BCUT2D eigenvalue weighted by atomic mass is 14.9. The Hall–Kier alpha value is -1.83. The van der Waals surface area contributed by atoms with E-state index in [1.54, 1.807) is 12.4 Å².